The van der Waals surface area contributed by atoms with E-state index in [4.69, 9.17) is 20.3 Å². The lowest BCUT2D eigenvalue weighted by molar-refractivity contribution is -0.146. The minimum Gasteiger partial charge on any atom is -0.346 e. The van der Waals surface area contributed by atoms with Crippen molar-refractivity contribution in [3.8, 4) is 0 Å². The third kappa shape index (κ3) is 2.83. The number of hydrogen-bond donors (Lipinski definition) is 0. The minimum absolute atomic E-state index is 0.328. The first-order chi connectivity index (χ1) is 7.34. The Morgan fingerprint density at radius 1 is 1.00 bits per heavy atom. The molecule has 1 heterocycles. The molecule has 0 aliphatic carbocycles. The second-order valence-electron chi connectivity index (χ2n) is 3.73. The van der Waals surface area contributed by atoms with Crippen LogP contribution in [0.3, 0.4) is 0 Å². The molecule has 0 spiro atoms. The molecule has 1 rings (SSSR count). The van der Waals surface area contributed by atoms with Gasteiger partial charge in [-0.25, -0.2) is 0 Å². The SMILES string of the molecule is CN(C)C(=O)[C@H]1OP(Cl)O[C@@H]1C(=O)N(C)C. The van der Waals surface area contributed by atoms with E-state index in [1.807, 2.05) is 0 Å². The van der Waals surface area contributed by atoms with E-state index in [1.165, 1.54) is 9.80 Å². The van der Waals surface area contributed by atoms with Crippen molar-refractivity contribution < 1.29 is 18.6 Å². The van der Waals surface area contributed by atoms with Gasteiger partial charge >= 0.3 is 0 Å². The lowest BCUT2D eigenvalue weighted by atomic mass is 10.1. The highest BCUT2D eigenvalue weighted by molar-refractivity contribution is 7.76. The molecule has 2 amide bonds. The smallest absolute Gasteiger partial charge is 0.278 e. The van der Waals surface area contributed by atoms with E-state index in [2.05, 4.69) is 0 Å². The summed E-state index contributed by atoms with van der Waals surface area (Å²) in [5, 5.41) is 0. The normalized spacial score (nSPS) is 25.6. The molecule has 0 aromatic heterocycles. The molecular formula is C8H14ClN2O4P. The van der Waals surface area contributed by atoms with Crippen LogP contribution in [0.2, 0.25) is 0 Å². The summed E-state index contributed by atoms with van der Waals surface area (Å²) in [7, 11) is 4.64. The van der Waals surface area contributed by atoms with Crippen molar-refractivity contribution in [2.45, 2.75) is 12.2 Å². The van der Waals surface area contributed by atoms with Crippen molar-refractivity contribution in [2.75, 3.05) is 28.2 Å². The van der Waals surface area contributed by atoms with E-state index in [9.17, 15) is 9.59 Å². The van der Waals surface area contributed by atoms with E-state index >= 15 is 0 Å². The highest BCUT2D eigenvalue weighted by Gasteiger charge is 2.46. The zero-order valence-electron chi connectivity index (χ0n) is 9.51. The topological polar surface area (TPSA) is 59.1 Å². The van der Waals surface area contributed by atoms with Gasteiger partial charge in [-0.3, -0.25) is 9.59 Å². The van der Waals surface area contributed by atoms with E-state index < -0.39 is 19.9 Å². The van der Waals surface area contributed by atoms with Gasteiger partial charge in [-0.05, 0) is 11.2 Å². The summed E-state index contributed by atoms with van der Waals surface area (Å²) in [5.41, 5.74) is 0. The maximum Gasteiger partial charge on any atom is 0.278 e. The predicted octanol–water partition coefficient (Wildman–Crippen LogP) is 0.412. The number of rotatable bonds is 2. The summed E-state index contributed by atoms with van der Waals surface area (Å²) in [4.78, 5) is 26.1. The van der Waals surface area contributed by atoms with Gasteiger partial charge in [0.25, 0.3) is 19.5 Å². The molecule has 0 bridgehead atoms. The molecule has 0 unspecified atom stereocenters. The zero-order chi connectivity index (χ0) is 12.5. The van der Waals surface area contributed by atoms with Crippen LogP contribution in [-0.4, -0.2) is 62.0 Å². The maximum absolute atomic E-state index is 11.7. The van der Waals surface area contributed by atoms with Gasteiger partial charge in [-0.1, -0.05) is 0 Å². The molecular weight excluding hydrogens is 255 g/mol. The Morgan fingerprint density at radius 3 is 1.56 bits per heavy atom. The highest BCUT2D eigenvalue weighted by atomic mass is 35.7. The second kappa shape index (κ2) is 5.27. The van der Waals surface area contributed by atoms with E-state index in [1.54, 1.807) is 28.2 Å². The van der Waals surface area contributed by atoms with Crippen LogP contribution in [0.15, 0.2) is 0 Å². The van der Waals surface area contributed by atoms with Crippen molar-refractivity contribution in [1.82, 2.24) is 9.80 Å². The molecule has 6 nitrogen and oxygen atoms in total. The van der Waals surface area contributed by atoms with Gasteiger partial charge < -0.3 is 18.8 Å². The van der Waals surface area contributed by atoms with Crippen molar-refractivity contribution in [1.29, 1.82) is 0 Å². The number of carbonyl (C=O) groups is 2. The molecule has 0 saturated carbocycles. The average molecular weight is 269 g/mol. The number of carbonyl (C=O) groups excluding carboxylic acids is 2. The first-order valence-electron chi connectivity index (χ1n) is 4.56. The van der Waals surface area contributed by atoms with Gasteiger partial charge in [0.15, 0.2) is 12.2 Å². The Hall–Kier alpha value is -0.420. The summed E-state index contributed by atoms with van der Waals surface area (Å²) in [6.07, 6.45) is -1.90. The van der Waals surface area contributed by atoms with Crippen LogP contribution < -0.4 is 0 Å². The largest absolute Gasteiger partial charge is 0.346 e. The van der Waals surface area contributed by atoms with Crippen LogP contribution >= 0.6 is 19.0 Å². The van der Waals surface area contributed by atoms with Gasteiger partial charge in [0, 0.05) is 28.2 Å². The lowest BCUT2D eigenvalue weighted by Crippen LogP contribution is -2.47. The molecule has 16 heavy (non-hydrogen) atoms. The minimum atomic E-state index is -1.68. The number of hydrogen-bond acceptors (Lipinski definition) is 4. The Bertz CT molecular complexity index is 272. The van der Waals surface area contributed by atoms with Crippen LogP contribution in [0, 0.1) is 0 Å². The average Bonchev–Trinajstić information content (AvgIpc) is 2.57. The lowest BCUT2D eigenvalue weighted by Gasteiger charge is -2.21. The summed E-state index contributed by atoms with van der Waals surface area (Å²) in [5.74, 6) is -0.656. The van der Waals surface area contributed by atoms with E-state index in [0.29, 0.717) is 0 Å². The molecule has 0 aromatic carbocycles. The van der Waals surface area contributed by atoms with Crippen LogP contribution in [-0.2, 0) is 18.6 Å². The quantitative estimate of drug-likeness (QED) is 0.681. The van der Waals surface area contributed by atoms with Crippen LogP contribution in [0.4, 0.5) is 0 Å². The van der Waals surface area contributed by atoms with Gasteiger partial charge in [0.05, 0.1) is 0 Å². The van der Waals surface area contributed by atoms with Gasteiger partial charge in [0.2, 0.25) is 0 Å². The third-order valence-electron chi connectivity index (χ3n) is 2.04. The summed E-state index contributed by atoms with van der Waals surface area (Å²) < 4.78 is 10.3. The van der Waals surface area contributed by atoms with Gasteiger partial charge in [0.1, 0.15) is 0 Å². The van der Waals surface area contributed by atoms with E-state index in [-0.39, 0.29) is 11.8 Å². The van der Waals surface area contributed by atoms with Crippen molar-refractivity contribution >= 4 is 30.8 Å². The van der Waals surface area contributed by atoms with Crippen LogP contribution in [0.5, 0.6) is 0 Å². The number of likely N-dealkylation sites (N-methyl/N-ethyl adjacent to an activating group) is 2. The van der Waals surface area contributed by atoms with E-state index in [0.717, 1.165) is 0 Å². The Balaban J connectivity index is 2.82. The van der Waals surface area contributed by atoms with Crippen molar-refractivity contribution in [2.24, 2.45) is 0 Å². The zero-order valence-corrected chi connectivity index (χ0v) is 11.2. The summed E-state index contributed by atoms with van der Waals surface area (Å²) in [6.45, 7) is 0. The van der Waals surface area contributed by atoms with Gasteiger partial charge in [-0.15, -0.1) is 0 Å². The second-order valence-corrected chi connectivity index (χ2v) is 5.40. The maximum atomic E-state index is 11.7. The Labute approximate surface area is 100 Å². The first kappa shape index (κ1) is 13.6. The van der Waals surface area contributed by atoms with Gasteiger partial charge in [-0.2, -0.15) is 0 Å². The summed E-state index contributed by atoms with van der Waals surface area (Å²) in [6, 6.07) is 0. The molecule has 0 N–H and O–H groups in total. The Kier molecular flexibility index (Phi) is 4.50. The van der Waals surface area contributed by atoms with Crippen molar-refractivity contribution in [3.05, 3.63) is 0 Å². The fourth-order valence-corrected chi connectivity index (χ4v) is 2.50. The first-order valence-corrected chi connectivity index (χ1v) is 6.64. The van der Waals surface area contributed by atoms with Crippen molar-refractivity contribution in [3.63, 3.8) is 0 Å². The number of halogens is 1. The highest BCUT2D eigenvalue weighted by Crippen LogP contribution is 2.53. The Morgan fingerprint density at radius 2 is 1.31 bits per heavy atom. The molecule has 92 valence electrons. The molecule has 1 aliphatic heterocycles. The molecule has 1 fully saturated rings. The molecule has 2 atom stereocenters. The number of nitrogens with zero attached hydrogens (tertiary/aromatic N) is 2. The molecule has 8 heteroatoms. The molecule has 1 aliphatic rings. The molecule has 0 radical (unpaired) electrons. The fourth-order valence-electron chi connectivity index (χ4n) is 1.17. The van der Waals surface area contributed by atoms with Crippen LogP contribution in [0.25, 0.3) is 0 Å². The summed E-state index contributed by atoms with van der Waals surface area (Å²) >= 11 is 5.68. The molecule has 0 aromatic rings. The number of amides is 2. The fraction of sp³-hybridized carbons (Fsp3) is 0.750. The molecule has 1 saturated heterocycles. The third-order valence-corrected chi connectivity index (χ3v) is 3.30. The van der Waals surface area contributed by atoms with Crippen LogP contribution in [0.1, 0.15) is 0 Å². The monoisotopic (exact) mass is 268 g/mol. The standard InChI is InChI=1S/C8H14ClN2O4P/c1-10(2)7(12)5-6(8(13)11(3)4)15-16(9)14-5/h5-6H,1-4H3/t5-,6-/m0/s1. The predicted molar refractivity (Wildman–Crippen MR) is 59.9 cm³/mol.